The molecule has 3 heteroatoms. The summed E-state index contributed by atoms with van der Waals surface area (Å²) in [6, 6.07) is 10.9. The maximum absolute atomic E-state index is 12.3. The largest absolute Gasteiger partial charge is 0.337 e. The van der Waals surface area contributed by atoms with Crippen LogP contribution in [0.15, 0.2) is 30.3 Å². The molecule has 0 aromatic heterocycles. The van der Waals surface area contributed by atoms with E-state index in [1.54, 1.807) is 0 Å². The first-order chi connectivity index (χ1) is 10.3. The molecule has 114 valence electrons. The Balaban J connectivity index is 1.64. The number of nitrogens with zero attached hydrogens (tertiary/aromatic N) is 1. The van der Waals surface area contributed by atoms with Crippen LogP contribution >= 0.6 is 0 Å². The summed E-state index contributed by atoms with van der Waals surface area (Å²) in [6.45, 7) is 2.63. The van der Waals surface area contributed by atoms with Crippen LogP contribution in [-0.2, 0) is 5.41 Å². The van der Waals surface area contributed by atoms with Crippen molar-refractivity contribution in [2.75, 3.05) is 19.6 Å². The third-order valence-corrected chi connectivity index (χ3v) is 5.17. The van der Waals surface area contributed by atoms with Crippen molar-refractivity contribution >= 4 is 6.03 Å². The molecule has 2 aliphatic rings. The minimum Gasteiger partial charge on any atom is -0.337 e. The molecule has 0 radical (unpaired) electrons. The number of rotatable bonds is 3. The second kappa shape index (κ2) is 6.50. The molecule has 1 aliphatic heterocycles. The van der Waals surface area contributed by atoms with Gasteiger partial charge in [0.25, 0.3) is 0 Å². The van der Waals surface area contributed by atoms with Crippen molar-refractivity contribution in [2.45, 2.75) is 50.4 Å². The maximum atomic E-state index is 12.3. The van der Waals surface area contributed by atoms with Gasteiger partial charge in [-0.1, -0.05) is 43.2 Å². The van der Waals surface area contributed by atoms with Gasteiger partial charge in [0.1, 0.15) is 0 Å². The minimum atomic E-state index is 0.136. The Morgan fingerprint density at radius 1 is 1.00 bits per heavy atom. The van der Waals surface area contributed by atoms with Gasteiger partial charge in [0.15, 0.2) is 0 Å². The van der Waals surface area contributed by atoms with Gasteiger partial charge in [-0.15, -0.1) is 0 Å². The Labute approximate surface area is 127 Å². The van der Waals surface area contributed by atoms with Gasteiger partial charge in [0, 0.05) is 25.0 Å². The lowest BCUT2D eigenvalue weighted by Crippen LogP contribution is -2.47. The molecule has 1 saturated carbocycles. The molecule has 1 aromatic carbocycles. The number of nitrogens with one attached hydrogen (secondary N) is 1. The van der Waals surface area contributed by atoms with E-state index in [-0.39, 0.29) is 11.4 Å². The third kappa shape index (κ3) is 3.22. The van der Waals surface area contributed by atoms with Crippen molar-refractivity contribution in [3.63, 3.8) is 0 Å². The quantitative estimate of drug-likeness (QED) is 0.903. The highest BCUT2D eigenvalue weighted by Gasteiger charge is 2.36. The van der Waals surface area contributed by atoms with E-state index in [4.69, 9.17) is 0 Å². The van der Waals surface area contributed by atoms with E-state index in [9.17, 15) is 4.79 Å². The molecule has 0 atom stereocenters. The molecule has 21 heavy (non-hydrogen) atoms. The predicted molar refractivity (Wildman–Crippen MR) is 85.4 cm³/mol. The highest BCUT2D eigenvalue weighted by molar-refractivity contribution is 5.74. The van der Waals surface area contributed by atoms with E-state index in [1.165, 1.54) is 37.7 Å². The van der Waals surface area contributed by atoms with Gasteiger partial charge < -0.3 is 10.2 Å². The van der Waals surface area contributed by atoms with E-state index in [0.29, 0.717) is 0 Å². The van der Waals surface area contributed by atoms with Gasteiger partial charge in [-0.25, -0.2) is 4.79 Å². The molecule has 3 nitrogen and oxygen atoms in total. The molecular weight excluding hydrogens is 260 g/mol. The number of carbonyl (C=O) groups excluding carboxylic acids is 1. The van der Waals surface area contributed by atoms with Gasteiger partial charge in [-0.2, -0.15) is 0 Å². The van der Waals surface area contributed by atoms with Crippen LogP contribution in [0.25, 0.3) is 0 Å². The molecule has 0 spiro atoms. The van der Waals surface area contributed by atoms with Crippen LogP contribution < -0.4 is 5.32 Å². The van der Waals surface area contributed by atoms with Gasteiger partial charge in [-0.3, -0.25) is 0 Å². The first-order valence-corrected chi connectivity index (χ1v) is 8.39. The summed E-state index contributed by atoms with van der Waals surface area (Å²) in [5, 5.41) is 3.22. The number of likely N-dealkylation sites (tertiary alicyclic amines) is 1. The van der Waals surface area contributed by atoms with Crippen molar-refractivity contribution in [3.8, 4) is 0 Å². The normalized spacial score (nSPS) is 21.2. The predicted octanol–water partition coefficient (Wildman–Crippen LogP) is 3.69. The molecule has 1 heterocycles. The van der Waals surface area contributed by atoms with E-state index in [2.05, 4.69) is 35.6 Å². The van der Waals surface area contributed by atoms with Crippen molar-refractivity contribution in [1.82, 2.24) is 10.2 Å². The van der Waals surface area contributed by atoms with E-state index in [1.807, 2.05) is 4.90 Å². The Morgan fingerprint density at radius 3 is 2.33 bits per heavy atom. The zero-order chi connectivity index (χ0) is 14.5. The number of benzene rings is 1. The van der Waals surface area contributed by atoms with Gasteiger partial charge >= 0.3 is 6.03 Å². The van der Waals surface area contributed by atoms with E-state index < -0.39 is 0 Å². The molecule has 1 aromatic rings. The molecule has 2 fully saturated rings. The van der Waals surface area contributed by atoms with E-state index in [0.717, 1.165) is 32.5 Å². The van der Waals surface area contributed by atoms with E-state index >= 15 is 0 Å². The second-order valence-corrected chi connectivity index (χ2v) is 6.56. The number of urea groups is 1. The summed E-state index contributed by atoms with van der Waals surface area (Å²) in [5.74, 6) is 0. The lowest BCUT2D eigenvalue weighted by Gasteiger charge is -2.32. The Kier molecular flexibility index (Phi) is 4.47. The summed E-state index contributed by atoms with van der Waals surface area (Å²) in [4.78, 5) is 14.3. The standard InChI is InChI=1S/C18H26N2O/c21-17(20-13-7-2-8-14-20)19-15-18(11-5-6-12-18)16-9-3-1-4-10-16/h1,3-4,9-10H,2,5-8,11-15H2,(H,19,21). The summed E-state index contributed by atoms with van der Waals surface area (Å²) >= 11 is 0. The van der Waals surface area contributed by atoms with Crippen LogP contribution in [0.2, 0.25) is 0 Å². The highest BCUT2D eigenvalue weighted by Crippen LogP contribution is 2.40. The van der Waals surface area contributed by atoms with Crippen molar-refractivity contribution in [1.29, 1.82) is 0 Å². The zero-order valence-corrected chi connectivity index (χ0v) is 12.8. The average Bonchev–Trinajstić information content (AvgIpc) is 3.04. The Bertz CT molecular complexity index is 459. The first-order valence-electron chi connectivity index (χ1n) is 8.39. The topological polar surface area (TPSA) is 32.3 Å². The molecular formula is C18H26N2O. The monoisotopic (exact) mass is 286 g/mol. The highest BCUT2D eigenvalue weighted by atomic mass is 16.2. The second-order valence-electron chi connectivity index (χ2n) is 6.56. The Morgan fingerprint density at radius 2 is 1.67 bits per heavy atom. The molecule has 3 rings (SSSR count). The lowest BCUT2D eigenvalue weighted by atomic mass is 9.79. The average molecular weight is 286 g/mol. The van der Waals surface area contributed by atoms with Crippen molar-refractivity contribution < 1.29 is 4.79 Å². The van der Waals surface area contributed by atoms with Crippen LogP contribution in [0.3, 0.4) is 0 Å². The number of piperidine rings is 1. The van der Waals surface area contributed by atoms with Crippen LogP contribution in [0.5, 0.6) is 0 Å². The van der Waals surface area contributed by atoms with Gasteiger partial charge in [-0.05, 0) is 37.7 Å². The number of hydrogen-bond acceptors (Lipinski definition) is 1. The third-order valence-electron chi connectivity index (χ3n) is 5.17. The summed E-state index contributed by atoms with van der Waals surface area (Å²) in [7, 11) is 0. The fourth-order valence-electron chi connectivity index (χ4n) is 3.86. The van der Waals surface area contributed by atoms with Crippen LogP contribution in [-0.4, -0.2) is 30.6 Å². The summed E-state index contributed by atoms with van der Waals surface area (Å²) in [5.41, 5.74) is 1.55. The maximum Gasteiger partial charge on any atom is 0.317 e. The fraction of sp³-hybridized carbons (Fsp3) is 0.611. The lowest BCUT2D eigenvalue weighted by molar-refractivity contribution is 0.183. The molecule has 1 saturated heterocycles. The molecule has 1 aliphatic carbocycles. The molecule has 0 unspecified atom stereocenters. The van der Waals surface area contributed by atoms with Crippen LogP contribution in [0, 0.1) is 0 Å². The first kappa shape index (κ1) is 14.4. The Hall–Kier alpha value is -1.51. The fourth-order valence-corrected chi connectivity index (χ4v) is 3.86. The van der Waals surface area contributed by atoms with Gasteiger partial charge in [0.05, 0.1) is 0 Å². The SMILES string of the molecule is O=C(NCC1(c2ccccc2)CCCC1)N1CCCCC1. The molecule has 0 bridgehead atoms. The number of carbonyl (C=O) groups is 1. The molecule has 2 amide bonds. The summed E-state index contributed by atoms with van der Waals surface area (Å²) < 4.78 is 0. The number of hydrogen-bond donors (Lipinski definition) is 1. The van der Waals surface area contributed by atoms with Gasteiger partial charge in [0.2, 0.25) is 0 Å². The zero-order valence-electron chi connectivity index (χ0n) is 12.8. The smallest absolute Gasteiger partial charge is 0.317 e. The number of amides is 2. The summed E-state index contributed by atoms with van der Waals surface area (Å²) in [6.07, 6.45) is 8.49. The van der Waals surface area contributed by atoms with Crippen LogP contribution in [0.1, 0.15) is 50.5 Å². The van der Waals surface area contributed by atoms with Crippen molar-refractivity contribution in [3.05, 3.63) is 35.9 Å². The molecule has 1 N–H and O–H groups in total. The van der Waals surface area contributed by atoms with Crippen LogP contribution in [0.4, 0.5) is 4.79 Å². The minimum absolute atomic E-state index is 0.136. The van der Waals surface area contributed by atoms with Crippen molar-refractivity contribution in [2.24, 2.45) is 0 Å².